The maximum absolute atomic E-state index is 10.8. The normalized spacial score (nSPS) is 29.0. The first-order chi connectivity index (χ1) is 5.46. The van der Waals surface area contributed by atoms with Gasteiger partial charge in [0.15, 0.2) is 5.60 Å². The summed E-state index contributed by atoms with van der Waals surface area (Å²) in [6, 6.07) is 0. The number of likely N-dealkylation sites (tertiary alicyclic amines) is 1. The van der Waals surface area contributed by atoms with Crippen molar-refractivity contribution in [2.75, 3.05) is 13.1 Å². The first-order valence-corrected chi connectivity index (χ1v) is 3.67. The molecule has 1 rings (SSSR count). The number of amides is 1. The van der Waals surface area contributed by atoms with Crippen molar-refractivity contribution in [3.8, 4) is 0 Å². The van der Waals surface area contributed by atoms with Crippen molar-refractivity contribution in [3.05, 3.63) is 0 Å². The quantitative estimate of drug-likeness (QED) is 0.536. The fourth-order valence-electron chi connectivity index (χ4n) is 1.24. The lowest BCUT2D eigenvalue weighted by Crippen LogP contribution is -2.42. The number of rotatable bonds is 1. The maximum Gasteiger partial charge on any atom is 0.337 e. The van der Waals surface area contributed by atoms with Gasteiger partial charge in [-0.2, -0.15) is 0 Å². The van der Waals surface area contributed by atoms with Gasteiger partial charge in [-0.05, 0) is 0 Å². The molecule has 1 fully saturated rings. The topological polar surface area (TPSA) is 77.8 Å². The van der Waals surface area contributed by atoms with Gasteiger partial charge in [-0.3, -0.25) is 4.79 Å². The number of aliphatic hydroxyl groups is 1. The van der Waals surface area contributed by atoms with Gasteiger partial charge in [-0.15, -0.1) is 0 Å². The Labute approximate surface area is 69.6 Å². The zero-order valence-electron chi connectivity index (χ0n) is 6.78. The van der Waals surface area contributed by atoms with E-state index >= 15 is 0 Å². The van der Waals surface area contributed by atoms with Crippen LogP contribution in [-0.4, -0.2) is 45.7 Å². The fourth-order valence-corrected chi connectivity index (χ4v) is 1.24. The van der Waals surface area contributed by atoms with Crippen LogP contribution in [0, 0.1) is 0 Å². The minimum Gasteiger partial charge on any atom is -0.479 e. The first kappa shape index (κ1) is 8.99. The second kappa shape index (κ2) is 2.75. The Hall–Kier alpha value is -1.10. The number of aliphatic carboxylic acids is 1. The van der Waals surface area contributed by atoms with Crippen molar-refractivity contribution < 1.29 is 19.8 Å². The molecule has 2 N–H and O–H groups in total. The van der Waals surface area contributed by atoms with Crippen molar-refractivity contribution in [1.82, 2.24) is 4.90 Å². The van der Waals surface area contributed by atoms with Gasteiger partial charge in [0.1, 0.15) is 0 Å². The molecule has 5 heteroatoms. The monoisotopic (exact) mass is 173 g/mol. The highest BCUT2D eigenvalue weighted by Gasteiger charge is 2.43. The maximum atomic E-state index is 10.8. The predicted octanol–water partition coefficient (Wildman–Crippen LogP) is -0.946. The highest BCUT2D eigenvalue weighted by atomic mass is 16.4. The average Bonchev–Trinajstić information content (AvgIpc) is 2.33. The summed E-state index contributed by atoms with van der Waals surface area (Å²) in [5.74, 6) is -1.46. The largest absolute Gasteiger partial charge is 0.479 e. The van der Waals surface area contributed by atoms with Crippen LogP contribution in [0.1, 0.15) is 13.3 Å². The summed E-state index contributed by atoms with van der Waals surface area (Å²) in [5.41, 5.74) is -1.73. The van der Waals surface area contributed by atoms with Crippen LogP contribution in [0.25, 0.3) is 0 Å². The minimum absolute atomic E-state index is 0.0995. The van der Waals surface area contributed by atoms with E-state index in [1.165, 1.54) is 11.8 Å². The van der Waals surface area contributed by atoms with Crippen LogP contribution in [0.4, 0.5) is 0 Å². The average molecular weight is 173 g/mol. The van der Waals surface area contributed by atoms with E-state index in [4.69, 9.17) is 5.11 Å². The number of β-amino-alcohol motifs (C(OH)–C–C–N with tert-alkyl or cyclic N) is 1. The number of nitrogens with zero attached hydrogens (tertiary/aromatic N) is 1. The standard InChI is InChI=1S/C7H11NO4/c1-5(9)8-3-2-7(12,4-8)6(10)11/h12H,2-4H2,1H3,(H,10,11). The lowest BCUT2D eigenvalue weighted by Gasteiger charge is -2.17. The number of hydrogen-bond acceptors (Lipinski definition) is 3. The van der Waals surface area contributed by atoms with E-state index in [0.29, 0.717) is 6.54 Å². The lowest BCUT2D eigenvalue weighted by molar-refractivity contribution is -0.157. The molecular weight excluding hydrogens is 162 g/mol. The van der Waals surface area contributed by atoms with Gasteiger partial charge >= 0.3 is 5.97 Å². The van der Waals surface area contributed by atoms with Gasteiger partial charge in [0.25, 0.3) is 0 Å². The summed E-state index contributed by atoms with van der Waals surface area (Å²) >= 11 is 0. The van der Waals surface area contributed by atoms with E-state index in [9.17, 15) is 14.7 Å². The molecule has 0 saturated carbocycles. The molecule has 12 heavy (non-hydrogen) atoms. The molecule has 68 valence electrons. The molecule has 0 radical (unpaired) electrons. The third-order valence-corrected chi connectivity index (χ3v) is 2.09. The molecule has 1 saturated heterocycles. The number of carboxylic acids is 1. The van der Waals surface area contributed by atoms with E-state index in [-0.39, 0.29) is 18.9 Å². The molecule has 0 aromatic rings. The van der Waals surface area contributed by atoms with Crippen molar-refractivity contribution in [2.24, 2.45) is 0 Å². The summed E-state index contributed by atoms with van der Waals surface area (Å²) in [7, 11) is 0. The molecule has 1 unspecified atom stereocenters. The molecule has 1 heterocycles. The van der Waals surface area contributed by atoms with Gasteiger partial charge in [-0.1, -0.05) is 0 Å². The van der Waals surface area contributed by atoms with Gasteiger partial charge in [0.05, 0.1) is 6.54 Å². The van der Waals surface area contributed by atoms with Crippen molar-refractivity contribution in [3.63, 3.8) is 0 Å². The zero-order valence-corrected chi connectivity index (χ0v) is 6.78. The molecule has 5 nitrogen and oxygen atoms in total. The van der Waals surface area contributed by atoms with E-state index in [1.54, 1.807) is 0 Å². The number of carboxylic acid groups (broad SMARTS) is 1. The number of hydrogen-bond donors (Lipinski definition) is 2. The summed E-state index contributed by atoms with van der Waals surface area (Å²) in [6.45, 7) is 1.57. The fraction of sp³-hybridized carbons (Fsp3) is 0.714. The van der Waals surface area contributed by atoms with E-state index in [2.05, 4.69) is 0 Å². The van der Waals surface area contributed by atoms with Crippen LogP contribution >= 0.6 is 0 Å². The number of carbonyl (C=O) groups excluding carboxylic acids is 1. The Morgan fingerprint density at radius 2 is 2.08 bits per heavy atom. The van der Waals surface area contributed by atoms with Crippen LogP contribution in [-0.2, 0) is 9.59 Å². The Bertz CT molecular complexity index is 227. The van der Waals surface area contributed by atoms with E-state index in [0.717, 1.165) is 0 Å². The first-order valence-electron chi connectivity index (χ1n) is 3.67. The molecule has 0 aromatic heterocycles. The second-order valence-corrected chi connectivity index (χ2v) is 3.03. The van der Waals surface area contributed by atoms with E-state index in [1.807, 2.05) is 0 Å². The van der Waals surface area contributed by atoms with Crippen molar-refractivity contribution in [2.45, 2.75) is 18.9 Å². The Kier molecular flexibility index (Phi) is 2.06. The second-order valence-electron chi connectivity index (χ2n) is 3.03. The molecular formula is C7H11NO4. The summed E-state index contributed by atoms with van der Waals surface area (Å²) in [4.78, 5) is 22.6. The van der Waals surface area contributed by atoms with Gasteiger partial charge in [0.2, 0.25) is 5.91 Å². The predicted molar refractivity (Wildman–Crippen MR) is 39.5 cm³/mol. The van der Waals surface area contributed by atoms with Crippen LogP contribution in [0.2, 0.25) is 0 Å². The van der Waals surface area contributed by atoms with Crippen molar-refractivity contribution >= 4 is 11.9 Å². The summed E-state index contributed by atoms with van der Waals surface area (Å²) in [5, 5.41) is 18.0. The van der Waals surface area contributed by atoms with Gasteiger partial charge in [0, 0.05) is 19.9 Å². The Morgan fingerprint density at radius 3 is 2.33 bits per heavy atom. The molecule has 0 spiro atoms. The van der Waals surface area contributed by atoms with Crippen molar-refractivity contribution in [1.29, 1.82) is 0 Å². The summed E-state index contributed by atoms with van der Waals surface area (Å²) in [6.07, 6.45) is 0.113. The molecule has 1 aliphatic heterocycles. The molecule has 0 aliphatic carbocycles. The molecule has 1 atom stereocenters. The lowest BCUT2D eigenvalue weighted by atomic mass is 10.0. The van der Waals surface area contributed by atoms with Crippen LogP contribution in [0.15, 0.2) is 0 Å². The SMILES string of the molecule is CC(=O)N1CCC(O)(C(=O)O)C1. The minimum atomic E-state index is -1.73. The summed E-state index contributed by atoms with van der Waals surface area (Å²) < 4.78 is 0. The van der Waals surface area contributed by atoms with E-state index < -0.39 is 11.6 Å². The highest BCUT2D eigenvalue weighted by molar-refractivity contribution is 5.81. The molecule has 1 aliphatic rings. The Morgan fingerprint density at radius 1 is 1.50 bits per heavy atom. The van der Waals surface area contributed by atoms with Crippen LogP contribution in [0.5, 0.6) is 0 Å². The molecule has 0 bridgehead atoms. The van der Waals surface area contributed by atoms with Crippen LogP contribution < -0.4 is 0 Å². The highest BCUT2D eigenvalue weighted by Crippen LogP contribution is 2.21. The molecule has 0 aromatic carbocycles. The molecule has 1 amide bonds. The third-order valence-electron chi connectivity index (χ3n) is 2.09. The number of carbonyl (C=O) groups is 2. The van der Waals surface area contributed by atoms with Crippen LogP contribution in [0.3, 0.4) is 0 Å². The van der Waals surface area contributed by atoms with Gasteiger partial charge in [-0.25, -0.2) is 4.79 Å². The third kappa shape index (κ3) is 1.40. The smallest absolute Gasteiger partial charge is 0.337 e. The van der Waals surface area contributed by atoms with Gasteiger partial charge < -0.3 is 15.1 Å². The Balaban J connectivity index is 2.67. The zero-order chi connectivity index (χ0) is 9.35.